The Hall–Kier alpha value is -5.80. The van der Waals surface area contributed by atoms with Crippen molar-refractivity contribution in [3.8, 4) is 71.0 Å². The molecule has 2 unspecified atom stereocenters. The first-order valence-corrected chi connectivity index (χ1v) is 19.2. The van der Waals surface area contributed by atoms with Crippen LogP contribution in [0.2, 0.25) is 0 Å². The number of hydrogen-bond acceptors (Lipinski definition) is 8. The standard InChI is InChI=1S/C46H46N4O4/c1-51-41-19-17-37(25-43(41)53-39-13-3-4-14-39)45(23-9-11-33(27-45)35(29-47)30-48)21-7-8-22-46(24-10-12-34(28-46)36(31-49)32-50)38-18-20-42(52-2)44(26-38)54-40-15-5-6-16-40/h17-20,25-26,39-40H,3-6,9-16,23-24,27-28H2,1-2H3. The normalized spacial score (nSPS) is 22.5. The molecule has 0 radical (unpaired) electrons. The number of methoxy groups -OCH3 is 2. The fraction of sp³-hybridized carbons (Fsp3) is 0.478. The molecule has 2 aromatic carbocycles. The number of allylic oxidation sites excluding steroid dienone is 4. The lowest BCUT2D eigenvalue weighted by molar-refractivity contribution is 0.200. The molecule has 0 heterocycles. The molecule has 0 saturated heterocycles. The largest absolute Gasteiger partial charge is 0.493 e. The third kappa shape index (κ3) is 8.21. The van der Waals surface area contributed by atoms with Gasteiger partial charge >= 0.3 is 0 Å². The summed E-state index contributed by atoms with van der Waals surface area (Å²) in [4.78, 5) is 0. The zero-order valence-corrected chi connectivity index (χ0v) is 31.4. The van der Waals surface area contributed by atoms with Crippen LogP contribution in [0, 0.1) is 69.0 Å². The first-order chi connectivity index (χ1) is 26.4. The van der Waals surface area contributed by atoms with Crippen LogP contribution in [0.5, 0.6) is 23.0 Å². The highest BCUT2D eigenvalue weighted by atomic mass is 16.5. The molecular formula is C46H46N4O4. The van der Waals surface area contributed by atoms with E-state index >= 15 is 0 Å². The minimum atomic E-state index is -0.719. The molecule has 54 heavy (non-hydrogen) atoms. The predicted molar refractivity (Wildman–Crippen MR) is 204 cm³/mol. The Balaban J connectivity index is 1.45. The molecule has 0 spiro atoms. The Morgan fingerprint density at radius 3 is 1.30 bits per heavy atom. The van der Waals surface area contributed by atoms with Crippen LogP contribution in [0.1, 0.15) is 114 Å². The zero-order valence-electron chi connectivity index (χ0n) is 31.4. The second-order valence-electron chi connectivity index (χ2n) is 14.9. The van der Waals surface area contributed by atoms with Gasteiger partial charge in [0.25, 0.3) is 0 Å². The molecule has 274 valence electrons. The summed E-state index contributed by atoms with van der Waals surface area (Å²) in [5, 5.41) is 39.3. The fourth-order valence-electron chi connectivity index (χ4n) is 8.74. The molecule has 8 heteroatoms. The third-order valence-electron chi connectivity index (χ3n) is 11.6. The van der Waals surface area contributed by atoms with Crippen molar-refractivity contribution in [2.24, 2.45) is 0 Å². The molecular weight excluding hydrogens is 673 g/mol. The van der Waals surface area contributed by atoms with Crippen LogP contribution in [0.4, 0.5) is 0 Å². The maximum atomic E-state index is 9.83. The minimum Gasteiger partial charge on any atom is -0.493 e. The molecule has 4 saturated carbocycles. The average molecular weight is 719 g/mol. The monoisotopic (exact) mass is 718 g/mol. The van der Waals surface area contributed by atoms with Crippen molar-refractivity contribution in [1.29, 1.82) is 21.0 Å². The van der Waals surface area contributed by atoms with Gasteiger partial charge in [-0.25, -0.2) is 0 Å². The average Bonchev–Trinajstić information content (AvgIpc) is 3.93. The van der Waals surface area contributed by atoms with Gasteiger partial charge in [0.15, 0.2) is 23.0 Å². The molecule has 2 aromatic rings. The maximum Gasteiger partial charge on any atom is 0.161 e. The highest BCUT2D eigenvalue weighted by Gasteiger charge is 2.38. The van der Waals surface area contributed by atoms with Crippen molar-refractivity contribution < 1.29 is 18.9 Å². The first kappa shape index (κ1) is 37.9. The van der Waals surface area contributed by atoms with E-state index in [0.29, 0.717) is 48.7 Å². The smallest absolute Gasteiger partial charge is 0.161 e. The van der Waals surface area contributed by atoms with Gasteiger partial charge in [0.2, 0.25) is 0 Å². The fourth-order valence-corrected chi connectivity index (χ4v) is 8.74. The van der Waals surface area contributed by atoms with Gasteiger partial charge in [0.05, 0.1) is 37.3 Å². The molecule has 2 atom stereocenters. The molecule has 4 aliphatic rings. The van der Waals surface area contributed by atoms with Gasteiger partial charge in [-0.15, -0.1) is 0 Å². The van der Waals surface area contributed by atoms with Gasteiger partial charge in [0.1, 0.15) is 35.4 Å². The van der Waals surface area contributed by atoms with Crippen LogP contribution in [-0.2, 0) is 10.8 Å². The van der Waals surface area contributed by atoms with Gasteiger partial charge in [0, 0.05) is 0 Å². The van der Waals surface area contributed by atoms with E-state index in [2.05, 4.69) is 48.0 Å². The second kappa shape index (κ2) is 17.4. The lowest BCUT2D eigenvalue weighted by Gasteiger charge is -2.35. The van der Waals surface area contributed by atoms with Crippen molar-refractivity contribution in [1.82, 2.24) is 0 Å². The molecule has 4 fully saturated rings. The summed E-state index contributed by atoms with van der Waals surface area (Å²) < 4.78 is 24.4. The second-order valence-corrected chi connectivity index (χ2v) is 14.9. The zero-order chi connectivity index (χ0) is 38.0. The summed E-state index contributed by atoms with van der Waals surface area (Å²) >= 11 is 0. The number of benzene rings is 2. The van der Waals surface area contributed by atoms with Crippen molar-refractivity contribution in [2.45, 2.75) is 126 Å². The van der Waals surface area contributed by atoms with Gasteiger partial charge in [-0.3, -0.25) is 0 Å². The van der Waals surface area contributed by atoms with Crippen molar-refractivity contribution >= 4 is 0 Å². The predicted octanol–water partition coefficient (Wildman–Crippen LogP) is 9.36. The van der Waals surface area contributed by atoms with Gasteiger partial charge < -0.3 is 18.9 Å². The SMILES string of the molecule is COc1ccc(C2(C#CC#CC3(c4ccc(OC)c(OC5CCCC5)c4)CCCC(=C(C#N)C#N)C3)CCCC(=C(C#N)C#N)C2)cc1OC1CCCC1. The molecule has 8 nitrogen and oxygen atoms in total. The van der Waals surface area contributed by atoms with Crippen LogP contribution < -0.4 is 18.9 Å². The highest BCUT2D eigenvalue weighted by molar-refractivity contribution is 5.55. The van der Waals surface area contributed by atoms with E-state index in [1.807, 2.05) is 36.4 Å². The highest BCUT2D eigenvalue weighted by Crippen LogP contribution is 2.47. The number of nitriles is 4. The Labute approximate surface area is 320 Å². The summed E-state index contributed by atoms with van der Waals surface area (Å²) in [5.74, 6) is 16.3. The van der Waals surface area contributed by atoms with Crippen molar-refractivity contribution in [3.05, 3.63) is 69.8 Å². The maximum absolute atomic E-state index is 9.83. The molecule has 0 aliphatic heterocycles. The van der Waals surface area contributed by atoms with E-state index in [0.717, 1.165) is 99.3 Å². The van der Waals surface area contributed by atoms with E-state index in [-0.39, 0.29) is 23.4 Å². The van der Waals surface area contributed by atoms with Gasteiger partial charge in [-0.1, -0.05) is 24.0 Å². The topological polar surface area (TPSA) is 132 Å². The molecule has 4 aliphatic carbocycles. The van der Waals surface area contributed by atoms with Crippen LogP contribution in [-0.4, -0.2) is 26.4 Å². The van der Waals surface area contributed by atoms with E-state index in [4.69, 9.17) is 18.9 Å². The lowest BCUT2D eigenvalue weighted by atomic mass is 9.67. The Morgan fingerprint density at radius 2 is 0.944 bits per heavy atom. The van der Waals surface area contributed by atoms with Crippen LogP contribution in [0.3, 0.4) is 0 Å². The van der Waals surface area contributed by atoms with Crippen LogP contribution >= 0.6 is 0 Å². The van der Waals surface area contributed by atoms with Crippen LogP contribution in [0.15, 0.2) is 58.7 Å². The summed E-state index contributed by atoms with van der Waals surface area (Å²) in [7, 11) is 3.28. The summed E-state index contributed by atoms with van der Waals surface area (Å²) in [5.41, 5.74) is 2.32. The van der Waals surface area contributed by atoms with Gasteiger partial charge in [-0.2, -0.15) is 21.0 Å². The minimum absolute atomic E-state index is 0.128. The molecule has 0 aromatic heterocycles. The molecule has 0 amide bonds. The number of ether oxygens (including phenoxy) is 4. The Morgan fingerprint density at radius 1 is 0.556 bits per heavy atom. The van der Waals surface area contributed by atoms with E-state index in [9.17, 15) is 21.0 Å². The Bertz CT molecular complexity index is 1920. The summed E-state index contributed by atoms with van der Waals surface area (Å²) in [6, 6.07) is 20.3. The lowest BCUT2D eigenvalue weighted by Crippen LogP contribution is -2.29. The van der Waals surface area contributed by atoms with Gasteiger partial charge in [-0.05, 0) is 161 Å². The molecule has 0 N–H and O–H groups in total. The van der Waals surface area contributed by atoms with Crippen LogP contribution in [0.25, 0.3) is 0 Å². The third-order valence-corrected chi connectivity index (χ3v) is 11.6. The first-order valence-electron chi connectivity index (χ1n) is 19.2. The number of nitrogens with zero attached hydrogens (tertiary/aromatic N) is 4. The summed E-state index contributed by atoms with van der Waals surface area (Å²) in [6.07, 6.45) is 13.9. The molecule has 6 rings (SSSR count). The van der Waals surface area contributed by atoms with E-state index in [1.54, 1.807) is 14.2 Å². The Kier molecular flexibility index (Phi) is 12.2. The van der Waals surface area contributed by atoms with Crippen molar-refractivity contribution in [3.63, 3.8) is 0 Å². The molecule has 0 bridgehead atoms. The van der Waals surface area contributed by atoms with Crippen molar-refractivity contribution in [2.75, 3.05) is 14.2 Å². The number of rotatable bonds is 8. The quantitative estimate of drug-likeness (QED) is 0.195. The number of hydrogen-bond donors (Lipinski definition) is 0. The van der Waals surface area contributed by atoms with E-state index in [1.165, 1.54) is 0 Å². The summed E-state index contributed by atoms with van der Waals surface area (Å²) in [6.45, 7) is 0. The van der Waals surface area contributed by atoms with E-state index < -0.39 is 10.8 Å².